The van der Waals surface area contributed by atoms with Gasteiger partial charge >= 0.3 is 0 Å². The van der Waals surface area contributed by atoms with Crippen molar-refractivity contribution in [2.45, 2.75) is 38.6 Å². The lowest BCUT2D eigenvalue weighted by Crippen LogP contribution is -2.37. The van der Waals surface area contributed by atoms with E-state index in [1.807, 2.05) is 40.1 Å². The zero-order chi connectivity index (χ0) is 18.8. The number of nitrogens with zero attached hydrogens (tertiary/aromatic N) is 3. The monoisotopic (exact) mass is 366 g/mol. The lowest BCUT2D eigenvalue weighted by atomic mass is 10.1. The maximum absolute atomic E-state index is 12.8. The number of rotatable bonds is 5. The molecule has 2 amide bonds. The molecule has 1 N–H and O–H groups in total. The molecule has 6 heteroatoms. The highest BCUT2D eigenvalue weighted by molar-refractivity contribution is 6.07. The molecule has 2 aromatic rings. The Kier molecular flexibility index (Phi) is 4.97. The summed E-state index contributed by atoms with van der Waals surface area (Å²) < 4.78 is 0. The molecule has 6 nitrogen and oxygen atoms in total. The Bertz CT molecular complexity index is 862. The van der Waals surface area contributed by atoms with Crippen LogP contribution in [0.15, 0.2) is 30.3 Å². The number of hydrogen-bond acceptors (Lipinski definition) is 4. The largest absolute Gasteiger partial charge is 0.349 e. The molecule has 1 aromatic heterocycles. The molecule has 4 rings (SSSR count). The number of carbonyl (C=O) groups excluding carboxylic acids is 2. The van der Waals surface area contributed by atoms with Crippen LogP contribution in [0.25, 0.3) is 10.9 Å². The molecule has 1 saturated carbocycles. The molecule has 2 fully saturated rings. The second kappa shape index (κ2) is 7.55. The molecule has 1 aromatic carbocycles. The maximum Gasteiger partial charge on any atom is 0.252 e. The molecular formula is C21H26N4O2. The van der Waals surface area contributed by atoms with Crippen LogP contribution in [0.5, 0.6) is 0 Å². The fourth-order valence-electron chi connectivity index (χ4n) is 3.62. The average molecular weight is 366 g/mol. The van der Waals surface area contributed by atoms with Crippen molar-refractivity contribution in [3.05, 3.63) is 35.9 Å². The summed E-state index contributed by atoms with van der Waals surface area (Å²) in [7, 11) is 0. The molecule has 0 unspecified atom stereocenters. The molecule has 2 aliphatic rings. The first kappa shape index (κ1) is 17.8. The average Bonchev–Trinajstić information content (AvgIpc) is 3.50. The molecule has 0 bridgehead atoms. The van der Waals surface area contributed by atoms with Crippen molar-refractivity contribution in [2.24, 2.45) is 0 Å². The van der Waals surface area contributed by atoms with E-state index in [1.165, 1.54) is 0 Å². The zero-order valence-corrected chi connectivity index (χ0v) is 15.8. The Hall–Kier alpha value is -2.63. The van der Waals surface area contributed by atoms with Crippen LogP contribution in [0, 0.1) is 0 Å². The number of amides is 2. The van der Waals surface area contributed by atoms with Gasteiger partial charge in [0.2, 0.25) is 5.91 Å². The summed E-state index contributed by atoms with van der Waals surface area (Å²) in [5.41, 5.74) is 1.43. The molecule has 0 spiro atoms. The molecule has 1 aliphatic carbocycles. The van der Waals surface area contributed by atoms with Gasteiger partial charge in [-0.05, 0) is 37.8 Å². The number of para-hydroxylation sites is 1. The summed E-state index contributed by atoms with van der Waals surface area (Å²) in [6, 6.07) is 9.87. The number of nitrogens with one attached hydrogen (secondary N) is 1. The van der Waals surface area contributed by atoms with Crippen molar-refractivity contribution in [3.63, 3.8) is 0 Å². The van der Waals surface area contributed by atoms with E-state index in [9.17, 15) is 9.59 Å². The molecule has 27 heavy (non-hydrogen) atoms. The summed E-state index contributed by atoms with van der Waals surface area (Å²) in [6.07, 6.45) is 3.97. The number of anilines is 1. The van der Waals surface area contributed by atoms with Crippen molar-refractivity contribution < 1.29 is 9.59 Å². The van der Waals surface area contributed by atoms with Gasteiger partial charge in [-0.3, -0.25) is 9.59 Å². The summed E-state index contributed by atoms with van der Waals surface area (Å²) in [5, 5.41) is 3.93. The minimum absolute atomic E-state index is 0.0499. The fraction of sp³-hybridized carbons (Fsp3) is 0.476. The highest BCUT2D eigenvalue weighted by atomic mass is 16.2. The van der Waals surface area contributed by atoms with Crippen LogP contribution in [0.1, 0.15) is 43.0 Å². The standard InChI is InChI=1S/C21H26N4O2/c1-2-10-24-11-5-12-25(14-20(24)26)19-13-17(21(27)22-15-8-9-15)16-6-3-4-7-18(16)23-19/h3-4,6-7,13,15H,2,5,8-12,14H2,1H3,(H,22,27). The molecule has 0 radical (unpaired) electrons. The van der Waals surface area contributed by atoms with Gasteiger partial charge in [-0.1, -0.05) is 25.1 Å². The molecule has 142 valence electrons. The number of aromatic nitrogens is 1. The van der Waals surface area contributed by atoms with Gasteiger partial charge in [0, 0.05) is 31.1 Å². The molecule has 2 heterocycles. The third-order valence-electron chi connectivity index (χ3n) is 5.21. The number of fused-ring (bicyclic) bond motifs is 1. The van der Waals surface area contributed by atoms with Gasteiger partial charge in [0.05, 0.1) is 17.6 Å². The number of benzene rings is 1. The van der Waals surface area contributed by atoms with Crippen LogP contribution in [0.3, 0.4) is 0 Å². The highest BCUT2D eigenvalue weighted by Gasteiger charge is 2.26. The predicted molar refractivity (Wildman–Crippen MR) is 106 cm³/mol. The Morgan fingerprint density at radius 3 is 2.85 bits per heavy atom. The lowest BCUT2D eigenvalue weighted by molar-refractivity contribution is -0.129. The summed E-state index contributed by atoms with van der Waals surface area (Å²) in [6.45, 7) is 4.75. The minimum atomic E-state index is -0.0499. The van der Waals surface area contributed by atoms with E-state index in [0.717, 1.165) is 56.2 Å². The molecular weight excluding hydrogens is 340 g/mol. The van der Waals surface area contributed by atoms with Crippen LogP contribution in [0.4, 0.5) is 5.82 Å². The Morgan fingerprint density at radius 1 is 1.26 bits per heavy atom. The van der Waals surface area contributed by atoms with E-state index in [0.29, 0.717) is 24.0 Å². The normalized spacial score (nSPS) is 17.9. The topological polar surface area (TPSA) is 65.5 Å². The van der Waals surface area contributed by atoms with Crippen molar-refractivity contribution in [1.82, 2.24) is 15.2 Å². The second-order valence-electron chi connectivity index (χ2n) is 7.45. The Morgan fingerprint density at radius 2 is 2.07 bits per heavy atom. The van der Waals surface area contributed by atoms with Crippen LogP contribution < -0.4 is 10.2 Å². The van der Waals surface area contributed by atoms with Gasteiger partial charge in [0.15, 0.2) is 0 Å². The summed E-state index contributed by atoms with van der Waals surface area (Å²) in [4.78, 5) is 34.1. The summed E-state index contributed by atoms with van der Waals surface area (Å²) >= 11 is 0. The molecule has 0 atom stereocenters. The van der Waals surface area contributed by atoms with E-state index < -0.39 is 0 Å². The van der Waals surface area contributed by atoms with Crippen LogP contribution >= 0.6 is 0 Å². The predicted octanol–water partition coefficient (Wildman–Crippen LogP) is 2.58. The highest BCUT2D eigenvalue weighted by Crippen LogP contribution is 2.26. The smallest absolute Gasteiger partial charge is 0.252 e. The lowest BCUT2D eigenvalue weighted by Gasteiger charge is -2.23. The summed E-state index contributed by atoms with van der Waals surface area (Å²) in [5.74, 6) is 0.792. The Labute approximate surface area is 159 Å². The van der Waals surface area contributed by atoms with Crippen molar-refractivity contribution in [1.29, 1.82) is 0 Å². The van der Waals surface area contributed by atoms with Gasteiger partial charge in [-0.2, -0.15) is 0 Å². The van der Waals surface area contributed by atoms with E-state index in [-0.39, 0.29) is 11.8 Å². The first-order chi connectivity index (χ1) is 13.2. The van der Waals surface area contributed by atoms with Crippen molar-refractivity contribution in [3.8, 4) is 0 Å². The van der Waals surface area contributed by atoms with E-state index in [1.54, 1.807) is 0 Å². The van der Waals surface area contributed by atoms with Crippen LogP contribution in [-0.2, 0) is 4.79 Å². The molecule has 1 aliphatic heterocycles. The van der Waals surface area contributed by atoms with Crippen molar-refractivity contribution >= 4 is 28.5 Å². The third-order valence-corrected chi connectivity index (χ3v) is 5.21. The fourth-order valence-corrected chi connectivity index (χ4v) is 3.62. The maximum atomic E-state index is 12.8. The Balaban J connectivity index is 1.67. The minimum Gasteiger partial charge on any atom is -0.349 e. The number of carbonyl (C=O) groups is 2. The van der Waals surface area contributed by atoms with E-state index >= 15 is 0 Å². The quantitative estimate of drug-likeness (QED) is 0.883. The van der Waals surface area contributed by atoms with Gasteiger partial charge in [0.25, 0.3) is 5.91 Å². The second-order valence-corrected chi connectivity index (χ2v) is 7.45. The third kappa shape index (κ3) is 3.89. The SMILES string of the molecule is CCCN1CCCN(c2cc(C(=O)NC3CC3)c3ccccc3n2)CC1=O. The number of hydrogen-bond donors (Lipinski definition) is 1. The van der Waals surface area contributed by atoms with Crippen LogP contribution in [-0.4, -0.2) is 53.9 Å². The number of pyridine rings is 1. The van der Waals surface area contributed by atoms with Crippen molar-refractivity contribution in [2.75, 3.05) is 31.1 Å². The van der Waals surface area contributed by atoms with E-state index in [4.69, 9.17) is 4.98 Å². The van der Waals surface area contributed by atoms with E-state index in [2.05, 4.69) is 12.2 Å². The first-order valence-electron chi connectivity index (χ1n) is 9.89. The zero-order valence-electron chi connectivity index (χ0n) is 15.8. The van der Waals surface area contributed by atoms with Gasteiger partial charge in [0.1, 0.15) is 5.82 Å². The van der Waals surface area contributed by atoms with Gasteiger partial charge in [-0.25, -0.2) is 4.98 Å². The first-order valence-corrected chi connectivity index (χ1v) is 9.89. The van der Waals surface area contributed by atoms with Gasteiger partial charge in [-0.15, -0.1) is 0 Å². The van der Waals surface area contributed by atoms with Gasteiger partial charge < -0.3 is 15.1 Å². The molecule has 1 saturated heterocycles. The van der Waals surface area contributed by atoms with Crippen LogP contribution in [0.2, 0.25) is 0 Å².